The average molecular weight is 505 g/mol. The lowest BCUT2D eigenvalue weighted by Crippen LogP contribution is -2.24. The van der Waals surface area contributed by atoms with Gasteiger partial charge in [-0.2, -0.15) is 0 Å². The van der Waals surface area contributed by atoms with E-state index < -0.39 is 5.97 Å². The van der Waals surface area contributed by atoms with Crippen molar-refractivity contribution in [2.24, 2.45) is 0 Å². The molecule has 1 aromatic heterocycles. The van der Waals surface area contributed by atoms with E-state index in [0.29, 0.717) is 17.0 Å². The number of rotatable bonds is 4. The van der Waals surface area contributed by atoms with Gasteiger partial charge in [0.05, 0.1) is 23.9 Å². The molecule has 1 aliphatic heterocycles. The van der Waals surface area contributed by atoms with Crippen LogP contribution >= 0.6 is 15.9 Å². The van der Waals surface area contributed by atoms with E-state index in [1.165, 1.54) is 7.11 Å². The Morgan fingerprint density at radius 2 is 1.73 bits per heavy atom. The van der Waals surface area contributed by atoms with Crippen molar-refractivity contribution in [1.82, 2.24) is 4.57 Å². The molecule has 2 aromatic carbocycles. The van der Waals surface area contributed by atoms with Crippen LogP contribution in [0.1, 0.15) is 29.4 Å². The smallest absolute Gasteiger partial charge is 0.340 e. The molecule has 1 amide bonds. The van der Waals surface area contributed by atoms with Gasteiger partial charge in [-0.25, -0.2) is 4.79 Å². The standard InChI is InChI=1S/C27H25BrN2O3/c1-16-9-6-7-12-24(16)29-17(2)13-20(18(29)3)14-23-25(27(32)33-5)19(4)30(26(23)31)22-11-8-10-21(28)15-22/h6-15H,1-5H3/b23-14-. The number of aromatic nitrogens is 1. The van der Waals surface area contributed by atoms with Crippen molar-refractivity contribution in [3.8, 4) is 5.69 Å². The van der Waals surface area contributed by atoms with Crippen LogP contribution in [0.25, 0.3) is 11.8 Å². The van der Waals surface area contributed by atoms with E-state index in [1.54, 1.807) is 17.9 Å². The monoisotopic (exact) mass is 504 g/mol. The summed E-state index contributed by atoms with van der Waals surface area (Å²) in [6, 6.07) is 17.6. The predicted molar refractivity (Wildman–Crippen MR) is 134 cm³/mol. The molecule has 0 unspecified atom stereocenters. The highest BCUT2D eigenvalue weighted by atomic mass is 79.9. The number of carbonyl (C=O) groups is 2. The van der Waals surface area contributed by atoms with Crippen molar-refractivity contribution >= 4 is 39.6 Å². The summed E-state index contributed by atoms with van der Waals surface area (Å²) in [5, 5.41) is 0. The molecular weight excluding hydrogens is 480 g/mol. The number of anilines is 1. The van der Waals surface area contributed by atoms with Crippen molar-refractivity contribution in [1.29, 1.82) is 0 Å². The van der Waals surface area contributed by atoms with Gasteiger partial charge in [-0.1, -0.05) is 40.2 Å². The van der Waals surface area contributed by atoms with E-state index in [9.17, 15) is 9.59 Å². The molecule has 5 nitrogen and oxygen atoms in total. The molecule has 168 valence electrons. The predicted octanol–water partition coefficient (Wildman–Crippen LogP) is 6.04. The van der Waals surface area contributed by atoms with Crippen LogP contribution in [0.5, 0.6) is 0 Å². The first-order chi connectivity index (χ1) is 15.7. The molecular formula is C27H25BrN2O3. The highest BCUT2D eigenvalue weighted by Crippen LogP contribution is 2.37. The molecule has 0 N–H and O–H groups in total. The number of ether oxygens (including phenoxy) is 1. The molecule has 0 fully saturated rings. The van der Waals surface area contributed by atoms with E-state index in [2.05, 4.69) is 39.6 Å². The van der Waals surface area contributed by atoms with Crippen molar-refractivity contribution < 1.29 is 14.3 Å². The van der Waals surface area contributed by atoms with Crippen LogP contribution in [0.3, 0.4) is 0 Å². The van der Waals surface area contributed by atoms with Crippen molar-refractivity contribution in [2.75, 3.05) is 12.0 Å². The minimum Gasteiger partial charge on any atom is -0.465 e. The van der Waals surface area contributed by atoms with E-state index in [1.807, 2.05) is 56.3 Å². The Balaban J connectivity index is 1.87. The first-order valence-electron chi connectivity index (χ1n) is 10.6. The van der Waals surface area contributed by atoms with E-state index in [0.717, 1.165) is 32.7 Å². The number of para-hydroxylation sites is 1. The summed E-state index contributed by atoms with van der Waals surface area (Å²) in [4.78, 5) is 27.9. The van der Waals surface area contributed by atoms with Crippen LogP contribution in [-0.4, -0.2) is 23.6 Å². The third-order valence-corrected chi connectivity index (χ3v) is 6.48. The molecule has 3 aromatic rings. The lowest BCUT2D eigenvalue weighted by atomic mass is 10.0. The fourth-order valence-corrected chi connectivity index (χ4v) is 4.77. The highest BCUT2D eigenvalue weighted by Gasteiger charge is 2.38. The maximum absolute atomic E-state index is 13.6. The Labute approximate surface area is 202 Å². The lowest BCUT2D eigenvalue weighted by Gasteiger charge is -2.18. The van der Waals surface area contributed by atoms with Gasteiger partial charge in [-0.05, 0) is 75.2 Å². The van der Waals surface area contributed by atoms with Crippen molar-refractivity contribution in [3.63, 3.8) is 0 Å². The molecule has 0 aliphatic carbocycles. The van der Waals surface area contributed by atoms with Gasteiger partial charge in [0.2, 0.25) is 0 Å². The zero-order chi connectivity index (χ0) is 23.9. The number of carbonyl (C=O) groups excluding carboxylic acids is 2. The van der Waals surface area contributed by atoms with Gasteiger partial charge in [0.15, 0.2) is 0 Å². The summed E-state index contributed by atoms with van der Waals surface area (Å²) in [7, 11) is 1.33. The summed E-state index contributed by atoms with van der Waals surface area (Å²) >= 11 is 3.46. The number of hydrogen-bond acceptors (Lipinski definition) is 3. The second kappa shape index (κ2) is 8.87. The first-order valence-corrected chi connectivity index (χ1v) is 11.4. The number of benzene rings is 2. The summed E-state index contributed by atoms with van der Waals surface area (Å²) in [6.07, 6.45) is 1.80. The minimum absolute atomic E-state index is 0.258. The van der Waals surface area contributed by atoms with Gasteiger partial charge in [-0.3, -0.25) is 9.69 Å². The minimum atomic E-state index is -0.530. The van der Waals surface area contributed by atoms with Crippen LogP contribution in [0, 0.1) is 20.8 Å². The molecule has 0 spiro atoms. The van der Waals surface area contributed by atoms with Crippen LogP contribution in [0.4, 0.5) is 5.69 Å². The molecule has 0 saturated carbocycles. The molecule has 1 aliphatic rings. The quantitative estimate of drug-likeness (QED) is 0.321. The Morgan fingerprint density at radius 3 is 2.39 bits per heavy atom. The SMILES string of the molecule is COC(=O)C1=C(C)N(c2cccc(Br)c2)C(=O)/C1=C\c1cc(C)n(-c2ccccc2C)c1C. The largest absolute Gasteiger partial charge is 0.465 e. The Bertz CT molecular complexity index is 1350. The zero-order valence-electron chi connectivity index (χ0n) is 19.3. The van der Waals surface area contributed by atoms with E-state index in [-0.39, 0.29) is 11.5 Å². The maximum Gasteiger partial charge on any atom is 0.340 e. The van der Waals surface area contributed by atoms with Gasteiger partial charge >= 0.3 is 5.97 Å². The molecule has 0 radical (unpaired) electrons. The number of aryl methyl sites for hydroxylation is 2. The fraction of sp³-hybridized carbons (Fsp3) is 0.185. The summed E-state index contributed by atoms with van der Waals surface area (Å²) in [5.41, 5.74) is 6.99. The third kappa shape index (κ3) is 3.95. The number of nitrogens with zero attached hydrogens (tertiary/aromatic N) is 2. The van der Waals surface area contributed by atoms with Crippen LogP contribution in [0.2, 0.25) is 0 Å². The van der Waals surface area contributed by atoms with Crippen LogP contribution in [0.15, 0.2) is 75.9 Å². The Kier molecular flexibility index (Phi) is 6.13. The van der Waals surface area contributed by atoms with Gasteiger partial charge in [0, 0.05) is 27.2 Å². The summed E-state index contributed by atoms with van der Waals surface area (Å²) in [6.45, 7) is 7.90. The fourth-order valence-electron chi connectivity index (χ4n) is 4.38. The van der Waals surface area contributed by atoms with E-state index >= 15 is 0 Å². The topological polar surface area (TPSA) is 51.5 Å². The van der Waals surface area contributed by atoms with Gasteiger partial charge in [0.25, 0.3) is 5.91 Å². The van der Waals surface area contributed by atoms with Crippen LogP contribution < -0.4 is 4.90 Å². The Morgan fingerprint density at radius 1 is 1.00 bits per heavy atom. The number of amides is 1. The van der Waals surface area contributed by atoms with Gasteiger partial charge < -0.3 is 9.30 Å². The lowest BCUT2D eigenvalue weighted by molar-refractivity contribution is -0.136. The average Bonchev–Trinajstić information content (AvgIpc) is 3.20. The molecule has 33 heavy (non-hydrogen) atoms. The number of hydrogen-bond donors (Lipinski definition) is 0. The summed E-state index contributed by atoms with van der Waals surface area (Å²) in [5.74, 6) is -0.788. The van der Waals surface area contributed by atoms with Gasteiger partial charge in [0.1, 0.15) is 0 Å². The molecule has 0 atom stereocenters. The summed E-state index contributed by atoms with van der Waals surface area (Å²) < 4.78 is 8.06. The normalized spacial score (nSPS) is 15.0. The molecule has 6 heteroatoms. The van der Waals surface area contributed by atoms with E-state index in [4.69, 9.17) is 4.74 Å². The molecule has 4 rings (SSSR count). The number of halogens is 1. The van der Waals surface area contributed by atoms with Crippen molar-refractivity contribution in [3.05, 3.63) is 98.4 Å². The molecule has 0 bridgehead atoms. The first kappa shape index (κ1) is 22.8. The second-order valence-electron chi connectivity index (χ2n) is 8.08. The number of methoxy groups -OCH3 is 1. The maximum atomic E-state index is 13.6. The molecule has 2 heterocycles. The highest BCUT2D eigenvalue weighted by molar-refractivity contribution is 9.10. The third-order valence-electron chi connectivity index (χ3n) is 5.98. The van der Waals surface area contributed by atoms with Crippen molar-refractivity contribution in [2.45, 2.75) is 27.7 Å². The zero-order valence-corrected chi connectivity index (χ0v) is 20.9. The number of esters is 1. The Hall–Kier alpha value is -3.38. The molecule has 0 saturated heterocycles. The number of allylic oxidation sites excluding steroid dienone is 1. The van der Waals surface area contributed by atoms with Crippen LogP contribution in [-0.2, 0) is 14.3 Å². The van der Waals surface area contributed by atoms with Gasteiger partial charge in [-0.15, -0.1) is 0 Å². The second-order valence-corrected chi connectivity index (χ2v) is 8.99.